The number of rotatable bonds is 1. The molecular weight excluding hydrogens is 329 g/mol. The standard InChI is InChI=1S/C15H9BrN3.Al/c1-9-3-4-12(16)6-14(9)15-10(2)19-13(8-18)5-11(15)7-17;/h3-4,6H,1-2H3;. The molecule has 0 aliphatic rings. The number of aryl methyl sites for hydroxylation is 2. The Morgan fingerprint density at radius 2 is 1.90 bits per heavy atom. The summed E-state index contributed by atoms with van der Waals surface area (Å²) in [4.78, 5) is 4.30. The predicted molar refractivity (Wildman–Crippen MR) is 81.7 cm³/mol. The molecule has 0 saturated heterocycles. The lowest BCUT2D eigenvalue weighted by Crippen LogP contribution is -2.18. The molecule has 0 spiro atoms. The van der Waals surface area contributed by atoms with Gasteiger partial charge in [0.05, 0.1) is 6.07 Å². The van der Waals surface area contributed by atoms with Crippen LogP contribution in [0.3, 0.4) is 0 Å². The van der Waals surface area contributed by atoms with Crippen molar-refractivity contribution in [3.05, 3.63) is 45.2 Å². The fourth-order valence-corrected chi connectivity index (χ4v) is 2.81. The fourth-order valence-electron chi connectivity index (χ4n) is 2.11. The molecule has 0 saturated carbocycles. The lowest BCUT2D eigenvalue weighted by atomic mass is 9.95. The topological polar surface area (TPSA) is 60.5 Å². The lowest BCUT2D eigenvalue weighted by molar-refractivity contribution is 1.17. The molecule has 2 radical (unpaired) electrons. The summed E-state index contributed by atoms with van der Waals surface area (Å²) < 4.78 is 1.49. The van der Waals surface area contributed by atoms with Crippen LogP contribution in [0.5, 0.6) is 0 Å². The van der Waals surface area contributed by atoms with Gasteiger partial charge in [-0.15, -0.1) is 0 Å². The van der Waals surface area contributed by atoms with Crippen LogP contribution in [0.1, 0.15) is 22.5 Å². The SMILES string of the molecule is Cc1ccc(Br)cc1-c1c(C)nc(C#N)[c]([Al])c1C#N. The third-order valence-electron chi connectivity index (χ3n) is 3.10. The van der Waals surface area contributed by atoms with Gasteiger partial charge in [0.15, 0.2) is 16.3 Å². The highest BCUT2D eigenvalue weighted by Crippen LogP contribution is 2.30. The van der Waals surface area contributed by atoms with Crippen molar-refractivity contribution in [1.29, 1.82) is 10.5 Å². The third-order valence-corrected chi connectivity index (χ3v) is 4.16. The number of aromatic nitrogens is 1. The number of benzene rings is 1. The van der Waals surface area contributed by atoms with Gasteiger partial charge in [-0.1, -0.05) is 26.4 Å². The van der Waals surface area contributed by atoms with E-state index in [1.165, 1.54) is 0 Å². The highest BCUT2D eigenvalue weighted by molar-refractivity contribution is 9.10. The molecule has 1 aromatic carbocycles. The van der Waals surface area contributed by atoms with Gasteiger partial charge >= 0.3 is 0 Å². The number of hydrogen-bond acceptors (Lipinski definition) is 3. The van der Waals surface area contributed by atoms with Crippen molar-refractivity contribution >= 4 is 36.6 Å². The van der Waals surface area contributed by atoms with Crippen LogP contribution < -0.4 is 4.43 Å². The molecule has 0 N–H and O–H groups in total. The number of nitriles is 2. The van der Waals surface area contributed by atoms with Crippen LogP contribution in [0.2, 0.25) is 0 Å². The molecule has 2 rings (SSSR count). The third kappa shape index (κ3) is 2.49. The monoisotopic (exact) mass is 337 g/mol. The highest BCUT2D eigenvalue weighted by Gasteiger charge is 2.16. The van der Waals surface area contributed by atoms with Crippen LogP contribution in [0.4, 0.5) is 0 Å². The van der Waals surface area contributed by atoms with Crippen LogP contribution in [0, 0.1) is 36.5 Å². The maximum absolute atomic E-state index is 9.45. The largest absolute Gasteiger partial charge is 0.243 e. The van der Waals surface area contributed by atoms with Crippen molar-refractivity contribution < 1.29 is 0 Å². The number of pyridine rings is 1. The van der Waals surface area contributed by atoms with Crippen molar-refractivity contribution in [3.63, 3.8) is 0 Å². The zero-order chi connectivity index (χ0) is 14.9. The zero-order valence-corrected chi connectivity index (χ0v) is 13.8. The molecule has 0 unspecified atom stereocenters. The Morgan fingerprint density at radius 1 is 1.20 bits per heavy atom. The van der Waals surface area contributed by atoms with E-state index in [-0.39, 0.29) is 5.69 Å². The van der Waals surface area contributed by atoms with E-state index in [2.05, 4.69) is 43.3 Å². The van der Waals surface area contributed by atoms with E-state index in [4.69, 9.17) is 5.26 Å². The van der Waals surface area contributed by atoms with Crippen molar-refractivity contribution in [3.8, 4) is 23.3 Å². The maximum atomic E-state index is 9.45. The van der Waals surface area contributed by atoms with Gasteiger partial charge in [0.25, 0.3) is 0 Å². The number of nitrogens with zero attached hydrogens (tertiary/aromatic N) is 3. The summed E-state index contributed by atoms with van der Waals surface area (Å²) in [5.41, 5.74) is 4.25. The van der Waals surface area contributed by atoms with Crippen LogP contribution in [-0.2, 0) is 0 Å². The van der Waals surface area contributed by atoms with E-state index in [9.17, 15) is 5.26 Å². The molecule has 0 atom stereocenters. The highest BCUT2D eigenvalue weighted by atomic mass is 79.9. The van der Waals surface area contributed by atoms with Gasteiger partial charge in [-0.2, -0.15) is 10.5 Å². The average Bonchev–Trinajstić information content (AvgIpc) is 2.43. The summed E-state index contributed by atoms with van der Waals surface area (Å²) in [7, 11) is 0. The molecule has 20 heavy (non-hydrogen) atoms. The second-order valence-corrected chi connectivity index (χ2v) is 5.89. The average molecular weight is 338 g/mol. The first-order chi connectivity index (χ1) is 9.49. The molecule has 2 aromatic rings. The summed E-state index contributed by atoms with van der Waals surface area (Å²) in [5.74, 6) is 0. The van der Waals surface area contributed by atoms with E-state index in [0.717, 1.165) is 21.2 Å². The van der Waals surface area contributed by atoms with Crippen molar-refractivity contribution in [2.75, 3.05) is 0 Å². The maximum Gasteiger partial charge on any atom is 0.182 e. The van der Waals surface area contributed by atoms with Gasteiger partial charge in [-0.3, -0.25) is 0 Å². The van der Waals surface area contributed by atoms with Gasteiger partial charge < -0.3 is 0 Å². The Balaban J connectivity index is 2.89. The molecule has 1 heterocycles. The van der Waals surface area contributed by atoms with Gasteiger partial charge in [0, 0.05) is 21.3 Å². The second kappa shape index (κ2) is 5.78. The molecule has 0 fully saturated rings. The van der Waals surface area contributed by atoms with E-state index >= 15 is 0 Å². The normalized spacial score (nSPS) is 9.85. The van der Waals surface area contributed by atoms with Crippen LogP contribution in [0.25, 0.3) is 11.1 Å². The van der Waals surface area contributed by atoms with Crippen molar-refractivity contribution in [1.82, 2.24) is 4.98 Å². The van der Waals surface area contributed by atoms with Crippen LogP contribution in [0.15, 0.2) is 22.7 Å². The Kier molecular flexibility index (Phi) is 4.27. The predicted octanol–water partition coefficient (Wildman–Crippen LogP) is 2.67. The summed E-state index contributed by atoms with van der Waals surface area (Å²) in [6.45, 7) is 3.81. The first kappa shape index (κ1) is 14.8. The van der Waals surface area contributed by atoms with Crippen LogP contribution in [-0.4, -0.2) is 21.3 Å². The summed E-state index contributed by atoms with van der Waals surface area (Å²) in [6.07, 6.45) is 0. The van der Waals surface area contributed by atoms with Gasteiger partial charge in [-0.25, -0.2) is 4.98 Å². The molecule has 0 aliphatic heterocycles. The van der Waals surface area contributed by atoms with Crippen LogP contribution >= 0.6 is 15.9 Å². The quantitative estimate of drug-likeness (QED) is 0.751. The Bertz CT molecular complexity index is 785. The summed E-state index contributed by atoms with van der Waals surface area (Å²) in [5, 5.41) is 18.5. The fraction of sp³-hybridized carbons (Fsp3) is 0.133. The van der Waals surface area contributed by atoms with E-state index in [1.807, 2.05) is 38.1 Å². The molecule has 1 aromatic heterocycles. The van der Waals surface area contributed by atoms with Gasteiger partial charge in [-0.05, 0) is 37.1 Å². The van der Waals surface area contributed by atoms with Crippen molar-refractivity contribution in [2.45, 2.75) is 13.8 Å². The summed E-state index contributed by atoms with van der Waals surface area (Å²) >= 11 is 5.90. The summed E-state index contributed by atoms with van der Waals surface area (Å²) in [6, 6.07) is 10.1. The Labute approximate surface area is 134 Å². The minimum Gasteiger partial charge on any atom is -0.243 e. The number of halogens is 1. The molecular formula is C15H9AlBrN3. The van der Waals surface area contributed by atoms with Gasteiger partial charge in [0.1, 0.15) is 11.8 Å². The zero-order valence-electron chi connectivity index (χ0n) is 11.0. The minimum atomic E-state index is 0.278. The first-order valence-electron chi connectivity index (χ1n) is 5.86. The lowest BCUT2D eigenvalue weighted by Gasteiger charge is -2.14. The second-order valence-electron chi connectivity index (χ2n) is 4.39. The Morgan fingerprint density at radius 3 is 2.50 bits per heavy atom. The van der Waals surface area contributed by atoms with Gasteiger partial charge in [0.2, 0.25) is 0 Å². The minimum absolute atomic E-state index is 0.278. The smallest absolute Gasteiger partial charge is 0.182 e. The first-order valence-corrected chi connectivity index (χ1v) is 7.23. The van der Waals surface area contributed by atoms with Crippen molar-refractivity contribution in [2.24, 2.45) is 0 Å². The molecule has 0 aliphatic carbocycles. The molecule has 3 nitrogen and oxygen atoms in total. The van der Waals surface area contributed by atoms with E-state index < -0.39 is 0 Å². The van der Waals surface area contributed by atoms with E-state index in [1.54, 1.807) is 0 Å². The Hall–Kier alpha value is -1.64. The molecule has 0 amide bonds. The molecule has 94 valence electrons. The number of hydrogen-bond donors (Lipinski definition) is 0. The molecule has 5 heteroatoms. The molecule has 0 bridgehead atoms. The van der Waals surface area contributed by atoms with E-state index in [0.29, 0.717) is 15.7 Å².